The second-order valence-corrected chi connectivity index (χ2v) is 10.8. The molecule has 4 aromatic rings. The molecule has 6 nitrogen and oxygen atoms in total. The second kappa shape index (κ2) is 11.5. The van der Waals surface area contributed by atoms with Gasteiger partial charge < -0.3 is 14.5 Å². The highest BCUT2D eigenvalue weighted by Crippen LogP contribution is 2.37. The number of halogens is 1. The summed E-state index contributed by atoms with van der Waals surface area (Å²) in [6, 6.07) is 29.5. The number of benzene rings is 4. The minimum absolute atomic E-state index is 0.0140. The van der Waals surface area contributed by atoms with Gasteiger partial charge in [-0.15, -0.1) is 0 Å². The maximum absolute atomic E-state index is 14.4. The van der Waals surface area contributed by atoms with Crippen molar-refractivity contribution in [1.82, 2.24) is 4.90 Å². The first-order valence-electron chi connectivity index (χ1n) is 14.1. The summed E-state index contributed by atoms with van der Waals surface area (Å²) in [5, 5.41) is 0. The SMILES string of the molecule is Cc1cccc(N2CCN(C(=O)c3ccc(/C=C4\Oc5ccccc5N(Cc5ccccc5F)C4=O)cc3)CC2C)c1. The van der Waals surface area contributed by atoms with Crippen molar-refractivity contribution in [2.24, 2.45) is 0 Å². The van der Waals surface area contributed by atoms with Gasteiger partial charge in [-0.25, -0.2) is 4.39 Å². The Kier molecular flexibility index (Phi) is 7.48. The Morgan fingerprint density at radius 1 is 0.952 bits per heavy atom. The molecule has 0 spiro atoms. The van der Waals surface area contributed by atoms with E-state index in [-0.39, 0.29) is 36.0 Å². The number of aryl methyl sites for hydroxylation is 1. The highest BCUT2D eigenvalue weighted by molar-refractivity contribution is 6.09. The standard InChI is InChI=1S/C35H32FN3O3/c1-24-8-7-10-29(20-24)38-19-18-37(22-25(38)2)34(40)27-16-14-26(15-17-27)21-33-35(41)39(23-28-9-3-4-11-30(28)36)31-12-5-6-13-32(31)42-33/h3-17,20-21,25H,18-19,22-23H2,1-2H3/b33-21-. The van der Waals surface area contributed by atoms with E-state index in [4.69, 9.17) is 4.74 Å². The van der Waals surface area contributed by atoms with E-state index in [9.17, 15) is 14.0 Å². The number of carbonyl (C=O) groups is 2. The largest absolute Gasteiger partial charge is 0.449 e. The number of anilines is 2. The van der Waals surface area contributed by atoms with Crippen LogP contribution in [-0.2, 0) is 11.3 Å². The molecule has 2 heterocycles. The number of ether oxygens (including phenoxy) is 1. The number of amides is 2. The molecule has 2 amide bonds. The van der Waals surface area contributed by atoms with Gasteiger partial charge in [0.25, 0.3) is 11.8 Å². The third kappa shape index (κ3) is 5.50. The summed E-state index contributed by atoms with van der Waals surface area (Å²) in [6.07, 6.45) is 1.66. The predicted octanol–water partition coefficient (Wildman–Crippen LogP) is 6.45. The van der Waals surface area contributed by atoms with E-state index < -0.39 is 0 Å². The zero-order valence-corrected chi connectivity index (χ0v) is 23.7. The Balaban J connectivity index is 1.17. The van der Waals surface area contributed by atoms with E-state index in [0.29, 0.717) is 35.7 Å². The quantitative estimate of drug-likeness (QED) is 0.263. The van der Waals surface area contributed by atoms with Gasteiger partial charge in [0, 0.05) is 42.5 Å². The average Bonchev–Trinajstić information content (AvgIpc) is 3.00. The molecule has 6 rings (SSSR count). The third-order valence-electron chi connectivity index (χ3n) is 7.82. The fourth-order valence-electron chi connectivity index (χ4n) is 5.60. The Morgan fingerprint density at radius 2 is 1.71 bits per heavy atom. The van der Waals surface area contributed by atoms with Gasteiger partial charge in [-0.05, 0) is 73.5 Å². The van der Waals surface area contributed by atoms with E-state index >= 15 is 0 Å². The van der Waals surface area contributed by atoms with Crippen LogP contribution >= 0.6 is 0 Å². The average molecular weight is 562 g/mol. The lowest BCUT2D eigenvalue weighted by Crippen LogP contribution is -2.53. The van der Waals surface area contributed by atoms with E-state index in [1.165, 1.54) is 22.2 Å². The number of hydrogen-bond acceptors (Lipinski definition) is 4. The van der Waals surface area contributed by atoms with Crippen molar-refractivity contribution in [3.63, 3.8) is 0 Å². The molecule has 0 bridgehead atoms. The fourth-order valence-corrected chi connectivity index (χ4v) is 5.60. The lowest BCUT2D eigenvalue weighted by Gasteiger charge is -2.41. The fraction of sp³-hybridized carbons (Fsp3) is 0.200. The molecule has 0 aromatic heterocycles. The van der Waals surface area contributed by atoms with Gasteiger partial charge in [0.05, 0.1) is 12.2 Å². The van der Waals surface area contributed by atoms with E-state index in [1.807, 2.05) is 29.2 Å². The Morgan fingerprint density at radius 3 is 2.48 bits per heavy atom. The number of piperazine rings is 1. The molecule has 1 fully saturated rings. The first-order valence-corrected chi connectivity index (χ1v) is 14.1. The normalized spacial score (nSPS) is 17.7. The number of hydrogen-bond donors (Lipinski definition) is 0. The van der Waals surface area contributed by atoms with Gasteiger partial charge in [-0.2, -0.15) is 0 Å². The monoisotopic (exact) mass is 561 g/mol. The first kappa shape index (κ1) is 27.3. The summed E-state index contributed by atoms with van der Waals surface area (Å²) >= 11 is 0. The number of rotatable bonds is 5. The molecule has 7 heteroatoms. The summed E-state index contributed by atoms with van der Waals surface area (Å²) in [4.78, 5) is 32.6. The molecule has 1 saturated heterocycles. The lowest BCUT2D eigenvalue weighted by atomic mass is 10.1. The topological polar surface area (TPSA) is 53.1 Å². The van der Waals surface area contributed by atoms with Gasteiger partial charge in [0.2, 0.25) is 0 Å². The van der Waals surface area contributed by atoms with Crippen molar-refractivity contribution in [3.05, 3.63) is 131 Å². The van der Waals surface area contributed by atoms with E-state index in [0.717, 1.165) is 12.1 Å². The highest BCUT2D eigenvalue weighted by atomic mass is 19.1. The number of nitrogens with zero attached hydrogens (tertiary/aromatic N) is 3. The van der Waals surface area contributed by atoms with Crippen molar-refractivity contribution in [1.29, 1.82) is 0 Å². The molecular weight excluding hydrogens is 529 g/mol. The van der Waals surface area contributed by atoms with Gasteiger partial charge in [-0.3, -0.25) is 14.5 Å². The lowest BCUT2D eigenvalue weighted by molar-refractivity contribution is -0.117. The molecule has 2 aliphatic heterocycles. The van der Waals surface area contributed by atoms with Crippen molar-refractivity contribution in [2.75, 3.05) is 29.4 Å². The molecular formula is C35H32FN3O3. The van der Waals surface area contributed by atoms with Gasteiger partial charge in [0.15, 0.2) is 11.5 Å². The predicted molar refractivity (Wildman–Crippen MR) is 163 cm³/mol. The van der Waals surface area contributed by atoms with Crippen LogP contribution in [-0.4, -0.2) is 42.4 Å². The van der Waals surface area contributed by atoms with Crippen LogP contribution in [0.1, 0.15) is 34.0 Å². The summed E-state index contributed by atoms with van der Waals surface area (Å²) in [7, 11) is 0. The van der Waals surface area contributed by atoms with Gasteiger partial charge in [-0.1, -0.05) is 54.6 Å². The minimum atomic E-state index is -0.369. The number of fused-ring (bicyclic) bond motifs is 1. The van der Waals surface area contributed by atoms with E-state index in [2.05, 4.69) is 43.0 Å². The molecule has 42 heavy (non-hydrogen) atoms. The van der Waals surface area contributed by atoms with Crippen molar-refractivity contribution in [2.45, 2.75) is 26.4 Å². The first-order chi connectivity index (χ1) is 20.4. The number of carbonyl (C=O) groups excluding carboxylic acids is 2. The minimum Gasteiger partial charge on any atom is -0.449 e. The zero-order valence-electron chi connectivity index (χ0n) is 23.7. The van der Waals surface area contributed by atoms with Crippen LogP contribution in [0.3, 0.4) is 0 Å². The van der Waals surface area contributed by atoms with Crippen LogP contribution in [0, 0.1) is 12.7 Å². The number of para-hydroxylation sites is 2. The van der Waals surface area contributed by atoms with Crippen LogP contribution in [0.5, 0.6) is 5.75 Å². The van der Waals surface area contributed by atoms with Crippen LogP contribution in [0.2, 0.25) is 0 Å². The third-order valence-corrected chi connectivity index (χ3v) is 7.82. The van der Waals surface area contributed by atoms with Crippen LogP contribution < -0.4 is 14.5 Å². The Bertz CT molecular complexity index is 1670. The Hall–Kier alpha value is -4.91. The van der Waals surface area contributed by atoms with Crippen LogP contribution in [0.4, 0.5) is 15.8 Å². The molecule has 212 valence electrons. The Labute approximate surface area is 245 Å². The maximum Gasteiger partial charge on any atom is 0.294 e. The molecule has 0 radical (unpaired) electrons. The molecule has 4 aromatic carbocycles. The molecule has 1 unspecified atom stereocenters. The molecule has 0 saturated carbocycles. The second-order valence-electron chi connectivity index (χ2n) is 10.8. The van der Waals surface area contributed by atoms with Crippen molar-refractivity contribution >= 4 is 29.3 Å². The zero-order chi connectivity index (χ0) is 29.2. The van der Waals surface area contributed by atoms with Crippen LogP contribution in [0.25, 0.3) is 6.08 Å². The van der Waals surface area contributed by atoms with Gasteiger partial charge >= 0.3 is 0 Å². The summed E-state index contributed by atoms with van der Waals surface area (Å²) in [5.74, 6) is -0.0980. The molecule has 0 aliphatic carbocycles. The maximum atomic E-state index is 14.4. The smallest absolute Gasteiger partial charge is 0.294 e. The molecule has 2 aliphatic rings. The summed E-state index contributed by atoms with van der Waals surface area (Å²) < 4.78 is 20.4. The highest BCUT2D eigenvalue weighted by Gasteiger charge is 2.31. The van der Waals surface area contributed by atoms with Crippen molar-refractivity contribution < 1.29 is 18.7 Å². The van der Waals surface area contributed by atoms with Crippen molar-refractivity contribution in [3.8, 4) is 5.75 Å². The molecule has 0 N–H and O–H groups in total. The van der Waals surface area contributed by atoms with Crippen LogP contribution in [0.15, 0.2) is 103 Å². The van der Waals surface area contributed by atoms with E-state index in [1.54, 1.807) is 48.5 Å². The molecule has 1 atom stereocenters. The summed E-state index contributed by atoms with van der Waals surface area (Å²) in [6.45, 7) is 6.36. The van der Waals surface area contributed by atoms with Gasteiger partial charge in [0.1, 0.15) is 5.82 Å². The summed E-state index contributed by atoms with van der Waals surface area (Å²) in [5.41, 5.74) is 4.71.